The van der Waals surface area contributed by atoms with Crippen molar-refractivity contribution in [3.63, 3.8) is 0 Å². The van der Waals surface area contributed by atoms with Crippen molar-refractivity contribution in [1.82, 2.24) is 9.13 Å². The Labute approximate surface area is 482 Å². The van der Waals surface area contributed by atoms with Crippen LogP contribution in [0.2, 0.25) is 0 Å². The number of fused-ring (bicyclic) bond motifs is 16. The zero-order valence-electron chi connectivity index (χ0n) is 46.1. The van der Waals surface area contributed by atoms with Gasteiger partial charge in [-0.15, -0.1) is 0 Å². The molecule has 0 unspecified atom stereocenters. The van der Waals surface area contributed by atoms with Gasteiger partial charge in [0.05, 0.1) is 5.41 Å². The van der Waals surface area contributed by atoms with E-state index in [1.54, 1.807) is 0 Å². The molecule has 0 amide bonds. The van der Waals surface area contributed by atoms with Crippen LogP contribution in [0.3, 0.4) is 0 Å². The lowest BCUT2D eigenvalue weighted by atomic mass is 9.70. The first kappa shape index (κ1) is 48.4. The van der Waals surface area contributed by atoms with Crippen LogP contribution in [-0.4, -0.2) is 9.13 Å². The molecule has 0 atom stereocenters. The van der Waals surface area contributed by atoms with Crippen LogP contribution in [0, 0.1) is 0 Å². The van der Waals surface area contributed by atoms with E-state index in [9.17, 15) is 0 Å². The Morgan fingerprint density at radius 3 is 1.01 bits per heavy atom. The van der Waals surface area contributed by atoms with Gasteiger partial charge in [0.2, 0.25) is 0 Å². The number of hydrogen-bond acceptors (Lipinski definition) is 4. The normalized spacial score (nSPS) is 12.7. The summed E-state index contributed by atoms with van der Waals surface area (Å²) in [4.78, 5) is 4.88. The van der Waals surface area contributed by atoms with Gasteiger partial charge in [0.1, 0.15) is 23.0 Å². The Bertz CT molecular complexity index is 4530. The number of rotatable bonds is 12. The van der Waals surface area contributed by atoms with E-state index in [2.05, 4.69) is 251 Å². The van der Waals surface area contributed by atoms with E-state index in [4.69, 9.17) is 9.47 Å². The average Bonchev–Trinajstić information content (AvgIpc) is 1.63. The lowest BCUT2D eigenvalue weighted by Gasteiger charge is -2.33. The second-order valence-electron chi connectivity index (χ2n) is 21.7. The van der Waals surface area contributed by atoms with E-state index in [0.717, 1.165) is 81.0 Å². The third-order valence-corrected chi connectivity index (χ3v) is 17.3. The summed E-state index contributed by atoms with van der Waals surface area (Å²) in [5.74, 6) is 3.25. The second-order valence-corrected chi connectivity index (χ2v) is 21.7. The summed E-state index contributed by atoms with van der Waals surface area (Å²) in [6.07, 6.45) is 0. The van der Waals surface area contributed by atoms with Crippen LogP contribution in [0.15, 0.2) is 279 Å². The molecule has 0 N–H and O–H groups in total. The predicted molar refractivity (Wildman–Crippen MR) is 342 cm³/mol. The van der Waals surface area contributed by atoms with Gasteiger partial charge >= 0.3 is 0 Å². The van der Waals surface area contributed by atoms with Gasteiger partial charge in [-0.3, -0.25) is 0 Å². The smallest absolute Gasteiger partial charge is 0.128 e. The minimum Gasteiger partial charge on any atom is -0.457 e. The van der Waals surface area contributed by atoms with Crippen LogP contribution in [0.5, 0.6) is 23.0 Å². The molecule has 83 heavy (non-hydrogen) atoms. The number of aromatic nitrogens is 2. The number of aryl methyl sites for hydroxylation is 2. The first-order valence-electron chi connectivity index (χ1n) is 28.8. The van der Waals surface area contributed by atoms with Gasteiger partial charge in [-0.1, -0.05) is 133 Å². The molecule has 2 aliphatic carbocycles. The maximum atomic E-state index is 6.45. The topological polar surface area (TPSA) is 34.8 Å². The maximum absolute atomic E-state index is 6.45. The summed E-state index contributed by atoms with van der Waals surface area (Å²) in [5, 5.41) is 4.66. The van der Waals surface area contributed by atoms with Crippen molar-refractivity contribution >= 4 is 77.7 Å². The molecule has 396 valence electrons. The van der Waals surface area contributed by atoms with E-state index < -0.39 is 5.41 Å². The van der Waals surface area contributed by atoms with Crippen molar-refractivity contribution in [2.45, 2.75) is 32.4 Å². The minimum atomic E-state index is -0.643. The van der Waals surface area contributed by atoms with Crippen molar-refractivity contribution in [2.75, 3.05) is 9.80 Å². The molecular weight excluding hydrogens is 1010 g/mol. The highest BCUT2D eigenvalue weighted by molar-refractivity contribution is 6.11. The highest BCUT2D eigenvalue weighted by atomic mass is 16.5. The van der Waals surface area contributed by atoms with Crippen LogP contribution in [0.25, 0.3) is 65.9 Å². The summed E-state index contributed by atoms with van der Waals surface area (Å²) < 4.78 is 17.7. The van der Waals surface area contributed by atoms with Crippen LogP contribution >= 0.6 is 0 Å². The summed E-state index contributed by atoms with van der Waals surface area (Å²) in [6.45, 7) is 6.13. The van der Waals surface area contributed by atoms with Crippen molar-refractivity contribution < 1.29 is 9.47 Å². The molecule has 2 aliphatic rings. The fraction of sp³-hybridized carbons (Fsp3) is 0.0649. The molecule has 0 radical (unpaired) electrons. The molecule has 0 fully saturated rings. The quantitative estimate of drug-likeness (QED) is 0.122. The third-order valence-electron chi connectivity index (χ3n) is 17.3. The van der Waals surface area contributed by atoms with Gasteiger partial charge in [0, 0.05) is 90.8 Å². The molecule has 0 aliphatic heterocycles. The van der Waals surface area contributed by atoms with Gasteiger partial charge < -0.3 is 28.4 Å². The molecule has 2 aromatic heterocycles. The van der Waals surface area contributed by atoms with Gasteiger partial charge in [-0.05, 0) is 204 Å². The molecule has 16 rings (SSSR count). The highest BCUT2D eigenvalue weighted by Crippen LogP contribution is 2.64. The lowest BCUT2D eigenvalue weighted by Crippen LogP contribution is -2.26. The number of hydrogen-bond donors (Lipinski definition) is 0. The summed E-state index contributed by atoms with van der Waals surface area (Å²) >= 11 is 0. The summed E-state index contributed by atoms with van der Waals surface area (Å²) in [7, 11) is 0. The standard InChI is InChI=1S/C77H56N4O2/c1-3-78-73-41-35-53(45-65(73)67-49-59(37-43-75(67)78)82-57-25-13-7-14-26-57)80(51-21-9-5-10-22-51)55-33-39-63-64-40-34-56(48-72(64)77(71(63)47-55)69-31-19-17-29-61(69)62-30-18-20-32-70(62)77)81(52-23-11-6-12-24-52)54-36-42-74-66(46-54)68-50-60(38-44-76(68)79(74)4-2)83-58-27-15-8-16-28-58/h5-50H,3-4H2,1-2H3. The maximum Gasteiger partial charge on any atom is 0.128 e. The van der Waals surface area contributed by atoms with Crippen molar-refractivity contribution in [3.8, 4) is 45.3 Å². The van der Waals surface area contributed by atoms with E-state index in [0.29, 0.717) is 0 Å². The first-order valence-corrected chi connectivity index (χ1v) is 28.8. The lowest BCUT2D eigenvalue weighted by molar-refractivity contribution is 0.483. The fourth-order valence-corrected chi connectivity index (χ4v) is 13.9. The Kier molecular flexibility index (Phi) is 11.3. The molecule has 2 heterocycles. The summed E-state index contributed by atoms with van der Waals surface area (Å²) in [6, 6.07) is 101. The molecule has 14 aromatic rings. The SMILES string of the molecule is CCn1c2ccc(Oc3ccccc3)cc2c2cc(N(c3ccccc3)c3ccc4c(c3)C3(c5ccccc5-c5ccccc53)c3cc(N(c5ccccc5)c5ccc6c(c5)c5cc(Oc7ccccc7)ccc5n6CC)ccc3-4)ccc21. The number of ether oxygens (including phenoxy) is 2. The van der Waals surface area contributed by atoms with E-state index in [1.807, 2.05) is 60.7 Å². The van der Waals surface area contributed by atoms with Crippen LogP contribution < -0.4 is 19.3 Å². The second kappa shape index (κ2) is 19.3. The number of nitrogens with zero attached hydrogens (tertiary/aromatic N) is 4. The van der Waals surface area contributed by atoms with Crippen LogP contribution in [0.4, 0.5) is 34.1 Å². The number of anilines is 6. The molecule has 12 aromatic carbocycles. The van der Waals surface area contributed by atoms with Crippen molar-refractivity contribution in [1.29, 1.82) is 0 Å². The zero-order valence-corrected chi connectivity index (χ0v) is 46.1. The Hall–Kier alpha value is -10.6. The largest absolute Gasteiger partial charge is 0.457 e. The Balaban J connectivity index is 0.882. The average molecular weight is 1070 g/mol. The third kappa shape index (κ3) is 7.56. The zero-order chi connectivity index (χ0) is 55.2. The molecule has 6 heteroatoms. The van der Waals surface area contributed by atoms with Crippen molar-refractivity contribution in [3.05, 3.63) is 301 Å². The van der Waals surface area contributed by atoms with E-state index in [-0.39, 0.29) is 0 Å². The minimum absolute atomic E-state index is 0.643. The van der Waals surface area contributed by atoms with Gasteiger partial charge in [0.25, 0.3) is 0 Å². The molecule has 1 spiro atoms. The molecule has 0 bridgehead atoms. The van der Waals surface area contributed by atoms with Crippen LogP contribution in [-0.2, 0) is 18.5 Å². The van der Waals surface area contributed by atoms with Gasteiger partial charge in [0.15, 0.2) is 0 Å². The Morgan fingerprint density at radius 2 is 0.602 bits per heavy atom. The molecule has 0 saturated carbocycles. The van der Waals surface area contributed by atoms with Gasteiger partial charge in [-0.25, -0.2) is 0 Å². The number of benzene rings is 12. The predicted octanol–water partition coefficient (Wildman–Crippen LogP) is 20.8. The van der Waals surface area contributed by atoms with Gasteiger partial charge in [-0.2, -0.15) is 0 Å². The van der Waals surface area contributed by atoms with E-state index >= 15 is 0 Å². The Morgan fingerprint density at radius 1 is 0.277 bits per heavy atom. The molecular formula is C77H56N4O2. The molecule has 6 nitrogen and oxygen atoms in total. The summed E-state index contributed by atoms with van der Waals surface area (Å²) in [5.41, 5.74) is 20.7. The fourth-order valence-electron chi connectivity index (χ4n) is 13.9. The van der Waals surface area contributed by atoms with E-state index in [1.165, 1.54) is 77.3 Å². The van der Waals surface area contributed by atoms with Crippen molar-refractivity contribution in [2.24, 2.45) is 0 Å². The monoisotopic (exact) mass is 1070 g/mol. The first-order chi connectivity index (χ1) is 41.0. The van der Waals surface area contributed by atoms with Crippen LogP contribution in [0.1, 0.15) is 36.1 Å². The molecule has 0 saturated heterocycles. The number of para-hydroxylation sites is 4. The highest BCUT2D eigenvalue weighted by Gasteiger charge is 2.52.